The minimum atomic E-state index is -2.63. The summed E-state index contributed by atoms with van der Waals surface area (Å²) in [6.45, 7) is 1.74. The van der Waals surface area contributed by atoms with Gasteiger partial charge in [0.15, 0.2) is 0 Å². The summed E-state index contributed by atoms with van der Waals surface area (Å²) < 4.78 is 33.7. The van der Waals surface area contributed by atoms with Gasteiger partial charge in [0, 0.05) is 18.8 Å². The molecule has 0 unspecified atom stereocenters. The molecule has 24 heavy (non-hydrogen) atoms. The molecule has 0 radical (unpaired) electrons. The van der Waals surface area contributed by atoms with Gasteiger partial charge in [-0.25, -0.2) is 18.1 Å². The van der Waals surface area contributed by atoms with Gasteiger partial charge in [0.25, 0.3) is 0 Å². The summed E-state index contributed by atoms with van der Waals surface area (Å²) in [6, 6.07) is 8.24. The first kappa shape index (κ1) is 16.4. The van der Waals surface area contributed by atoms with Crippen LogP contribution < -0.4 is 10.5 Å². The summed E-state index contributed by atoms with van der Waals surface area (Å²) in [4.78, 5) is 16.2. The van der Waals surface area contributed by atoms with E-state index in [1.807, 2.05) is 6.07 Å². The highest BCUT2D eigenvalue weighted by Crippen LogP contribution is 2.42. The number of carbonyl (C=O) groups excluding carboxylic acids is 1. The third-order valence-corrected chi connectivity index (χ3v) is 4.34. The predicted octanol–water partition coefficient (Wildman–Crippen LogP) is 4.20. The van der Waals surface area contributed by atoms with Crippen molar-refractivity contribution >= 4 is 6.03 Å². The maximum absolute atomic E-state index is 13.4. The number of benzene rings is 1. The molecular formula is C17H19F2N3O2. The van der Waals surface area contributed by atoms with E-state index in [1.54, 1.807) is 31.2 Å². The second kappa shape index (κ2) is 6.22. The van der Waals surface area contributed by atoms with Gasteiger partial charge in [-0.05, 0) is 31.9 Å². The fourth-order valence-electron chi connectivity index (χ4n) is 3.18. The van der Waals surface area contributed by atoms with E-state index < -0.39 is 12.0 Å². The number of rotatable bonds is 3. The zero-order valence-corrected chi connectivity index (χ0v) is 13.3. The van der Waals surface area contributed by atoms with Crippen molar-refractivity contribution in [3.05, 3.63) is 41.7 Å². The predicted molar refractivity (Wildman–Crippen MR) is 84.6 cm³/mol. The minimum Gasteiger partial charge on any atom is -0.425 e. The van der Waals surface area contributed by atoms with Crippen molar-refractivity contribution in [3.63, 3.8) is 0 Å². The maximum atomic E-state index is 13.4. The van der Waals surface area contributed by atoms with E-state index in [2.05, 4.69) is 4.98 Å². The summed E-state index contributed by atoms with van der Waals surface area (Å²) in [6.07, 6.45) is 0.182. The molecule has 7 heteroatoms. The average molecular weight is 335 g/mol. The van der Waals surface area contributed by atoms with Crippen molar-refractivity contribution in [2.45, 2.75) is 44.4 Å². The van der Waals surface area contributed by atoms with E-state index in [-0.39, 0.29) is 37.6 Å². The van der Waals surface area contributed by atoms with E-state index in [0.29, 0.717) is 17.1 Å². The van der Waals surface area contributed by atoms with Gasteiger partial charge < -0.3 is 10.5 Å². The molecule has 2 N–H and O–H groups in total. The topological polar surface area (TPSA) is 70.1 Å². The van der Waals surface area contributed by atoms with Gasteiger partial charge in [-0.2, -0.15) is 4.98 Å². The molecule has 1 saturated carbocycles. The van der Waals surface area contributed by atoms with Crippen molar-refractivity contribution in [2.75, 3.05) is 0 Å². The number of ether oxygens (including phenoxy) is 1. The molecule has 1 aliphatic carbocycles. The van der Waals surface area contributed by atoms with E-state index in [1.165, 1.54) is 4.57 Å². The summed E-state index contributed by atoms with van der Waals surface area (Å²) in [5.41, 5.74) is 6.65. The largest absolute Gasteiger partial charge is 0.425 e. The number of halogens is 2. The van der Waals surface area contributed by atoms with Crippen LogP contribution in [0.25, 0.3) is 0 Å². The lowest BCUT2D eigenvalue weighted by molar-refractivity contribution is -0.0386. The first-order chi connectivity index (χ1) is 11.4. The third kappa shape index (κ3) is 3.25. The van der Waals surface area contributed by atoms with Crippen molar-refractivity contribution < 1.29 is 18.3 Å². The van der Waals surface area contributed by atoms with E-state index in [0.717, 1.165) is 0 Å². The highest BCUT2D eigenvalue weighted by Gasteiger charge is 2.38. The molecule has 5 nitrogen and oxygen atoms in total. The summed E-state index contributed by atoms with van der Waals surface area (Å²) in [7, 11) is 0. The maximum Gasteiger partial charge on any atom is 0.327 e. The summed E-state index contributed by atoms with van der Waals surface area (Å²) in [5.74, 6) is -2.30. The average Bonchev–Trinajstić information content (AvgIpc) is 2.85. The number of hydrogen-bond acceptors (Lipinski definition) is 3. The molecule has 1 aliphatic rings. The summed E-state index contributed by atoms with van der Waals surface area (Å²) >= 11 is 0. The van der Waals surface area contributed by atoms with E-state index in [4.69, 9.17) is 10.5 Å². The Balaban J connectivity index is 1.94. The van der Waals surface area contributed by atoms with Gasteiger partial charge in [0.2, 0.25) is 5.92 Å². The van der Waals surface area contributed by atoms with Crippen LogP contribution in [0.4, 0.5) is 13.6 Å². The van der Waals surface area contributed by atoms with Crippen molar-refractivity contribution in [1.82, 2.24) is 9.55 Å². The lowest BCUT2D eigenvalue weighted by Gasteiger charge is -2.28. The van der Waals surface area contributed by atoms with Gasteiger partial charge in [0.05, 0.1) is 11.4 Å². The lowest BCUT2D eigenvalue weighted by Crippen LogP contribution is -2.28. The zero-order chi connectivity index (χ0) is 17.3. The fourth-order valence-corrected chi connectivity index (χ4v) is 3.18. The molecule has 1 aromatic carbocycles. The van der Waals surface area contributed by atoms with E-state index >= 15 is 0 Å². The Hall–Kier alpha value is -2.44. The number of imidazole rings is 1. The Morgan fingerprint density at radius 1 is 1.29 bits per heavy atom. The monoisotopic (exact) mass is 335 g/mol. The van der Waals surface area contributed by atoms with Crippen LogP contribution in [0.15, 0.2) is 30.3 Å². The molecule has 0 atom stereocenters. The number of carbonyl (C=O) groups is 1. The fraction of sp³-hybridized carbons (Fsp3) is 0.412. The Morgan fingerprint density at radius 2 is 1.92 bits per heavy atom. The number of primary amides is 1. The van der Waals surface area contributed by atoms with Gasteiger partial charge in [0.1, 0.15) is 5.75 Å². The second-order valence-corrected chi connectivity index (χ2v) is 6.08. The van der Waals surface area contributed by atoms with Crippen LogP contribution in [0.5, 0.6) is 11.8 Å². The molecular weight excluding hydrogens is 316 g/mol. The lowest BCUT2D eigenvalue weighted by atomic mass is 9.84. The number of nitrogens with zero attached hydrogens (tertiary/aromatic N) is 2. The van der Waals surface area contributed by atoms with Crippen molar-refractivity contribution in [1.29, 1.82) is 0 Å². The molecule has 0 saturated heterocycles. The van der Waals surface area contributed by atoms with Crippen LogP contribution in [0, 0.1) is 6.92 Å². The van der Waals surface area contributed by atoms with Crippen molar-refractivity contribution in [3.8, 4) is 11.8 Å². The van der Waals surface area contributed by atoms with Crippen LogP contribution in [0.1, 0.15) is 43.0 Å². The molecule has 0 bridgehead atoms. The first-order valence-electron chi connectivity index (χ1n) is 7.87. The molecule has 0 spiro atoms. The number of hydrogen-bond donors (Lipinski definition) is 1. The molecule has 0 aliphatic heterocycles. The number of aromatic nitrogens is 2. The molecule has 1 amide bonds. The SMILES string of the molecule is Cc1nc(Oc2ccccc2)n(C(N)=O)c1C1CCC(F)(F)CC1. The van der Waals surface area contributed by atoms with Gasteiger partial charge in [-0.1, -0.05) is 18.2 Å². The molecule has 1 aromatic heterocycles. The highest BCUT2D eigenvalue weighted by atomic mass is 19.3. The number of para-hydroxylation sites is 1. The Bertz CT molecular complexity index is 734. The van der Waals surface area contributed by atoms with Gasteiger partial charge >= 0.3 is 12.0 Å². The third-order valence-electron chi connectivity index (χ3n) is 4.34. The molecule has 1 fully saturated rings. The van der Waals surface area contributed by atoms with Gasteiger partial charge in [-0.15, -0.1) is 0 Å². The highest BCUT2D eigenvalue weighted by molar-refractivity contribution is 5.77. The zero-order valence-electron chi connectivity index (χ0n) is 13.3. The number of amides is 1. The Labute approximate surface area is 138 Å². The number of alkyl halides is 2. The van der Waals surface area contributed by atoms with Crippen LogP contribution in [0.2, 0.25) is 0 Å². The normalized spacial score (nSPS) is 17.6. The smallest absolute Gasteiger partial charge is 0.327 e. The molecule has 3 rings (SSSR count). The van der Waals surface area contributed by atoms with Crippen LogP contribution in [0.3, 0.4) is 0 Å². The van der Waals surface area contributed by atoms with Crippen LogP contribution >= 0.6 is 0 Å². The first-order valence-corrected chi connectivity index (χ1v) is 7.87. The van der Waals surface area contributed by atoms with Gasteiger partial charge in [-0.3, -0.25) is 0 Å². The van der Waals surface area contributed by atoms with Crippen molar-refractivity contribution in [2.24, 2.45) is 5.73 Å². The molecule has 2 aromatic rings. The quantitative estimate of drug-likeness (QED) is 0.913. The standard InChI is InChI=1S/C17H19F2N3O2/c1-11-14(12-7-9-17(18,19)10-8-12)22(15(20)23)16(21-11)24-13-5-3-2-4-6-13/h2-6,12H,7-10H2,1H3,(H2,20,23). The molecule has 1 heterocycles. The van der Waals surface area contributed by atoms with E-state index in [9.17, 15) is 13.6 Å². The minimum absolute atomic E-state index is 0.0681. The van der Waals surface area contributed by atoms with Crippen LogP contribution in [-0.2, 0) is 0 Å². The number of aryl methyl sites for hydroxylation is 1. The second-order valence-electron chi connectivity index (χ2n) is 6.08. The molecule has 128 valence electrons. The van der Waals surface area contributed by atoms with Crippen LogP contribution in [-0.4, -0.2) is 21.5 Å². The Kier molecular flexibility index (Phi) is 4.26. The number of nitrogens with two attached hydrogens (primary N) is 1. The Morgan fingerprint density at radius 3 is 2.50 bits per heavy atom. The summed E-state index contributed by atoms with van der Waals surface area (Å²) in [5, 5.41) is 0.